The lowest BCUT2D eigenvalue weighted by molar-refractivity contribution is -0.189. The maximum absolute atomic E-state index is 14.4. The zero-order valence-electron chi connectivity index (χ0n) is 18.7. The second kappa shape index (κ2) is 9.52. The van der Waals surface area contributed by atoms with Gasteiger partial charge in [0.1, 0.15) is 5.76 Å². The quantitative estimate of drug-likeness (QED) is 0.465. The summed E-state index contributed by atoms with van der Waals surface area (Å²) in [4.78, 5) is 31.0. The van der Waals surface area contributed by atoms with Gasteiger partial charge < -0.3 is 30.7 Å². The van der Waals surface area contributed by atoms with Crippen molar-refractivity contribution in [1.82, 2.24) is 15.3 Å². The van der Waals surface area contributed by atoms with E-state index < -0.39 is 17.8 Å². The molecule has 0 unspecified atom stereocenters. The number of carbonyl (C=O) groups is 2. The van der Waals surface area contributed by atoms with Crippen LogP contribution in [-0.2, 0) is 14.3 Å². The van der Waals surface area contributed by atoms with Crippen LogP contribution < -0.4 is 26.0 Å². The standard InChI is InChI=1S/C22H21F3N6O4/c1-11-3-4-13(8-17(11)34-10-18(32)26-2)29-21-27-9-14(23)19(31-21)28-12-5-6-16-15(7-12)30-20(33)22(24,25)35-16/h5-9H,3-4,10H2,1-2H3,(H,26,32)(H,30,33)(H2,27,28,29,31). The first-order valence-corrected chi connectivity index (χ1v) is 10.5. The van der Waals surface area contributed by atoms with Gasteiger partial charge in [0.15, 0.2) is 24.0 Å². The Morgan fingerprint density at radius 3 is 2.86 bits per heavy atom. The first-order valence-electron chi connectivity index (χ1n) is 10.5. The fourth-order valence-electron chi connectivity index (χ4n) is 3.25. The van der Waals surface area contributed by atoms with Gasteiger partial charge in [0.2, 0.25) is 5.95 Å². The summed E-state index contributed by atoms with van der Waals surface area (Å²) in [5, 5.41) is 10.3. The Labute approximate surface area is 197 Å². The van der Waals surface area contributed by atoms with E-state index in [-0.39, 0.29) is 41.4 Å². The molecule has 4 rings (SSSR count). The largest absolute Gasteiger partial charge is 0.484 e. The lowest BCUT2D eigenvalue weighted by atomic mass is 10.0. The van der Waals surface area contributed by atoms with E-state index in [1.54, 1.807) is 6.08 Å². The number of hydrogen-bond acceptors (Lipinski definition) is 8. The van der Waals surface area contributed by atoms with Crippen LogP contribution in [0.1, 0.15) is 19.8 Å². The van der Waals surface area contributed by atoms with E-state index in [9.17, 15) is 22.8 Å². The molecule has 2 amide bonds. The molecule has 1 aliphatic heterocycles. The zero-order chi connectivity index (χ0) is 25.2. The molecular formula is C22H21F3N6O4. The maximum Gasteiger partial charge on any atom is 0.482 e. The van der Waals surface area contributed by atoms with Gasteiger partial charge in [-0.3, -0.25) is 9.59 Å². The van der Waals surface area contributed by atoms with Crippen LogP contribution in [0.5, 0.6) is 5.75 Å². The number of ether oxygens (including phenoxy) is 2. The number of hydrogen-bond donors (Lipinski definition) is 4. The molecule has 0 bridgehead atoms. The minimum atomic E-state index is -3.98. The van der Waals surface area contributed by atoms with Gasteiger partial charge in [-0.15, -0.1) is 0 Å². The van der Waals surface area contributed by atoms with E-state index in [0.717, 1.165) is 11.8 Å². The molecule has 0 saturated heterocycles. The Kier molecular flexibility index (Phi) is 6.49. The number of nitrogens with one attached hydrogen (secondary N) is 4. The Morgan fingerprint density at radius 2 is 2.09 bits per heavy atom. The minimum absolute atomic E-state index is 0.00228. The number of carbonyl (C=O) groups excluding carboxylic acids is 2. The van der Waals surface area contributed by atoms with Crippen molar-refractivity contribution in [3.8, 4) is 5.75 Å². The van der Waals surface area contributed by atoms with Gasteiger partial charge in [0, 0.05) is 18.4 Å². The van der Waals surface area contributed by atoms with E-state index in [2.05, 4.69) is 30.7 Å². The van der Waals surface area contributed by atoms with Crippen LogP contribution in [0.3, 0.4) is 0 Å². The SMILES string of the molecule is CNC(=O)COC1=C(C)CCC(Nc2ncc(F)c(Nc3ccc4c(c3)NC(=O)C(F)(F)O4)n2)=C1. The average Bonchev–Trinajstić information content (AvgIpc) is 2.82. The van der Waals surface area contributed by atoms with Crippen molar-refractivity contribution in [1.29, 1.82) is 0 Å². The number of fused-ring (bicyclic) bond motifs is 1. The van der Waals surface area contributed by atoms with Crippen LogP contribution in [0.4, 0.5) is 36.3 Å². The van der Waals surface area contributed by atoms with E-state index in [1.807, 2.05) is 12.2 Å². The molecule has 10 nitrogen and oxygen atoms in total. The third kappa shape index (κ3) is 5.45. The third-order valence-corrected chi connectivity index (χ3v) is 5.14. The van der Waals surface area contributed by atoms with E-state index >= 15 is 0 Å². The first kappa shape index (κ1) is 23.9. The molecule has 0 spiro atoms. The second-order valence-corrected chi connectivity index (χ2v) is 7.70. The Morgan fingerprint density at radius 1 is 1.29 bits per heavy atom. The van der Waals surface area contributed by atoms with Crippen LogP contribution in [0.25, 0.3) is 0 Å². The van der Waals surface area contributed by atoms with Crippen LogP contribution in [0, 0.1) is 5.82 Å². The third-order valence-electron chi connectivity index (χ3n) is 5.14. The van der Waals surface area contributed by atoms with Gasteiger partial charge in [-0.2, -0.15) is 13.8 Å². The Bertz CT molecular complexity index is 1250. The summed E-state index contributed by atoms with van der Waals surface area (Å²) in [5.41, 5.74) is 1.94. The molecule has 1 aliphatic carbocycles. The predicted octanol–water partition coefficient (Wildman–Crippen LogP) is 3.41. The predicted molar refractivity (Wildman–Crippen MR) is 120 cm³/mol. The summed E-state index contributed by atoms with van der Waals surface area (Å²) in [6.45, 7) is 1.77. The van der Waals surface area contributed by atoms with Crippen molar-refractivity contribution in [2.75, 3.05) is 29.6 Å². The lowest BCUT2D eigenvalue weighted by Gasteiger charge is -2.25. The van der Waals surface area contributed by atoms with Crippen molar-refractivity contribution < 1.29 is 32.2 Å². The molecule has 2 aliphatic rings. The molecular weight excluding hydrogens is 469 g/mol. The number of halogens is 3. The first-order chi connectivity index (χ1) is 16.6. The lowest BCUT2D eigenvalue weighted by Crippen LogP contribution is -2.43. The van der Waals surface area contributed by atoms with Crippen molar-refractivity contribution in [2.45, 2.75) is 25.9 Å². The van der Waals surface area contributed by atoms with E-state index in [0.29, 0.717) is 24.3 Å². The minimum Gasteiger partial charge on any atom is -0.484 e. The molecule has 0 fully saturated rings. The van der Waals surface area contributed by atoms with Crippen molar-refractivity contribution >= 4 is 35.0 Å². The van der Waals surface area contributed by atoms with Crippen molar-refractivity contribution in [3.63, 3.8) is 0 Å². The number of rotatable bonds is 7. The molecule has 35 heavy (non-hydrogen) atoms. The summed E-state index contributed by atoms with van der Waals surface area (Å²) < 4.78 is 51.1. The monoisotopic (exact) mass is 490 g/mol. The fraction of sp³-hybridized carbons (Fsp3) is 0.273. The highest BCUT2D eigenvalue weighted by Gasteiger charge is 2.46. The summed E-state index contributed by atoms with van der Waals surface area (Å²) in [6.07, 6.45) is 0.0160. The molecule has 2 heterocycles. The molecule has 13 heteroatoms. The number of likely N-dealkylation sites (N-methyl/N-ethyl adjacent to an activating group) is 1. The van der Waals surface area contributed by atoms with Crippen LogP contribution in [0.15, 0.2) is 47.5 Å². The summed E-state index contributed by atoms with van der Waals surface area (Å²) in [6, 6.07) is 3.89. The van der Waals surface area contributed by atoms with Crippen LogP contribution in [-0.4, -0.2) is 41.5 Å². The van der Waals surface area contributed by atoms with E-state index in [1.165, 1.54) is 25.2 Å². The molecule has 184 valence electrons. The van der Waals surface area contributed by atoms with Gasteiger partial charge in [-0.1, -0.05) is 0 Å². The van der Waals surface area contributed by atoms with Gasteiger partial charge in [0.05, 0.1) is 11.9 Å². The van der Waals surface area contributed by atoms with Gasteiger partial charge in [0.25, 0.3) is 5.91 Å². The van der Waals surface area contributed by atoms with Crippen molar-refractivity contribution in [3.05, 3.63) is 53.3 Å². The number of alkyl halides is 2. The number of anilines is 4. The number of nitrogens with zero attached hydrogens (tertiary/aromatic N) is 2. The van der Waals surface area contributed by atoms with Crippen LogP contribution in [0.2, 0.25) is 0 Å². The Balaban J connectivity index is 1.49. The fourth-order valence-corrected chi connectivity index (χ4v) is 3.25. The van der Waals surface area contributed by atoms with E-state index in [4.69, 9.17) is 4.74 Å². The number of allylic oxidation sites excluding steroid dienone is 3. The van der Waals surface area contributed by atoms with Gasteiger partial charge in [-0.05, 0) is 49.6 Å². The number of amides is 2. The molecule has 1 aromatic heterocycles. The molecule has 0 radical (unpaired) electrons. The summed E-state index contributed by atoms with van der Waals surface area (Å²) in [7, 11) is 1.51. The smallest absolute Gasteiger partial charge is 0.482 e. The highest BCUT2D eigenvalue weighted by Crippen LogP contribution is 2.37. The average molecular weight is 490 g/mol. The second-order valence-electron chi connectivity index (χ2n) is 7.70. The van der Waals surface area contributed by atoms with Crippen LogP contribution >= 0.6 is 0 Å². The Hall–Kier alpha value is -4.29. The highest BCUT2D eigenvalue weighted by molar-refractivity contribution is 5.99. The topological polar surface area (TPSA) is 126 Å². The zero-order valence-corrected chi connectivity index (χ0v) is 18.7. The highest BCUT2D eigenvalue weighted by atomic mass is 19.3. The molecule has 4 N–H and O–H groups in total. The van der Waals surface area contributed by atoms with Crippen molar-refractivity contribution in [2.24, 2.45) is 0 Å². The molecule has 2 aromatic rings. The molecule has 1 aromatic carbocycles. The van der Waals surface area contributed by atoms with Gasteiger partial charge in [-0.25, -0.2) is 9.37 Å². The van der Waals surface area contributed by atoms with Gasteiger partial charge >= 0.3 is 12.0 Å². The normalized spacial score (nSPS) is 16.4. The number of aromatic nitrogens is 2. The number of benzene rings is 1. The molecule has 0 saturated carbocycles. The molecule has 0 atom stereocenters. The summed E-state index contributed by atoms with van der Waals surface area (Å²) >= 11 is 0. The summed E-state index contributed by atoms with van der Waals surface area (Å²) in [5.74, 6) is -2.40. The maximum atomic E-state index is 14.4.